The van der Waals surface area contributed by atoms with Crippen LogP contribution in [-0.2, 0) is 13.0 Å². The predicted octanol–water partition coefficient (Wildman–Crippen LogP) is 6.12. The van der Waals surface area contributed by atoms with Crippen molar-refractivity contribution in [1.82, 2.24) is 14.8 Å². The van der Waals surface area contributed by atoms with Gasteiger partial charge < -0.3 is 0 Å². The molecule has 140 valence electrons. The van der Waals surface area contributed by atoms with Crippen molar-refractivity contribution in [3.05, 3.63) is 94.3 Å². The van der Waals surface area contributed by atoms with Crippen molar-refractivity contribution in [2.75, 3.05) is 0 Å². The Morgan fingerprint density at radius 3 is 2.36 bits per heavy atom. The number of rotatable bonds is 5. The number of pyridine rings is 1. The normalized spacial score (nSPS) is 11.0. The highest BCUT2D eigenvalue weighted by atomic mass is 79.9. The Kier molecular flexibility index (Phi) is 5.35. The molecule has 0 atom stereocenters. The first-order valence-corrected chi connectivity index (χ1v) is 9.97. The molecule has 2 heterocycles. The fraction of sp³-hybridized carbons (Fsp3) is 0.130. The van der Waals surface area contributed by atoms with Crippen LogP contribution in [0.2, 0.25) is 0 Å². The topological polar surface area (TPSA) is 30.7 Å². The van der Waals surface area contributed by atoms with Crippen LogP contribution in [0.5, 0.6) is 0 Å². The summed E-state index contributed by atoms with van der Waals surface area (Å²) in [6, 6.07) is 20.8. The van der Waals surface area contributed by atoms with Crippen LogP contribution < -0.4 is 0 Å². The highest BCUT2D eigenvalue weighted by molar-refractivity contribution is 9.10. The van der Waals surface area contributed by atoms with Gasteiger partial charge in [0.1, 0.15) is 11.5 Å². The lowest BCUT2D eigenvalue weighted by molar-refractivity contribution is 0.587. The zero-order valence-corrected chi connectivity index (χ0v) is 17.0. The summed E-state index contributed by atoms with van der Waals surface area (Å²) in [4.78, 5) is 4.45. The number of hydrogen-bond donors (Lipinski definition) is 0. The summed E-state index contributed by atoms with van der Waals surface area (Å²) in [6.45, 7) is 2.47. The first kappa shape index (κ1) is 18.6. The van der Waals surface area contributed by atoms with Crippen LogP contribution in [0.15, 0.2) is 77.4 Å². The molecule has 0 unspecified atom stereocenters. The number of benzene rings is 2. The molecular formula is C23H19BrFN3. The maximum Gasteiger partial charge on any atom is 0.128 e. The van der Waals surface area contributed by atoms with Crippen LogP contribution in [0.4, 0.5) is 4.39 Å². The molecule has 0 aliphatic rings. The molecule has 5 heteroatoms. The molecule has 28 heavy (non-hydrogen) atoms. The Bertz CT molecular complexity index is 1110. The van der Waals surface area contributed by atoms with Crippen LogP contribution in [0.25, 0.3) is 22.6 Å². The van der Waals surface area contributed by atoms with Crippen molar-refractivity contribution in [3.8, 4) is 22.6 Å². The Labute approximate surface area is 172 Å². The van der Waals surface area contributed by atoms with Gasteiger partial charge >= 0.3 is 0 Å². The van der Waals surface area contributed by atoms with Gasteiger partial charge in [-0.3, -0.25) is 9.67 Å². The highest BCUT2D eigenvalue weighted by Gasteiger charge is 2.21. The van der Waals surface area contributed by atoms with E-state index in [1.165, 1.54) is 11.6 Å². The van der Waals surface area contributed by atoms with Gasteiger partial charge in [-0.15, -0.1) is 0 Å². The second-order valence-corrected chi connectivity index (χ2v) is 7.28. The smallest absolute Gasteiger partial charge is 0.128 e. The van der Waals surface area contributed by atoms with Gasteiger partial charge in [-0.2, -0.15) is 5.10 Å². The molecule has 0 aliphatic heterocycles. The molecule has 2 aromatic carbocycles. The summed E-state index contributed by atoms with van der Waals surface area (Å²) in [6.07, 6.45) is 2.64. The average Bonchev–Trinajstić information content (AvgIpc) is 3.06. The zero-order valence-electron chi connectivity index (χ0n) is 15.4. The van der Waals surface area contributed by atoms with Gasteiger partial charge in [0.15, 0.2) is 0 Å². The lowest BCUT2D eigenvalue weighted by Gasteiger charge is -2.12. The summed E-state index contributed by atoms with van der Waals surface area (Å²) in [5.74, 6) is -0.233. The van der Waals surface area contributed by atoms with Crippen LogP contribution in [0, 0.1) is 5.82 Å². The maximum atomic E-state index is 14.3. The van der Waals surface area contributed by atoms with Gasteiger partial charge in [0.25, 0.3) is 0 Å². The standard InChI is InChI=1S/C23H19BrFN3/c1-2-16-9-3-5-11-18(16)23-21(24)22(20-13-7-8-14-26-20)27-28(23)15-17-10-4-6-12-19(17)25/h3-14H,2,15H2,1H3. The predicted molar refractivity (Wildman–Crippen MR) is 113 cm³/mol. The molecule has 0 saturated heterocycles. The number of aryl methyl sites for hydroxylation is 1. The van der Waals surface area contributed by atoms with Crippen molar-refractivity contribution >= 4 is 15.9 Å². The second kappa shape index (κ2) is 8.07. The van der Waals surface area contributed by atoms with Crippen molar-refractivity contribution in [1.29, 1.82) is 0 Å². The number of hydrogen-bond acceptors (Lipinski definition) is 2. The zero-order chi connectivity index (χ0) is 19.5. The molecular weight excluding hydrogens is 417 g/mol. The monoisotopic (exact) mass is 435 g/mol. The minimum Gasteiger partial charge on any atom is -0.258 e. The third kappa shape index (κ3) is 3.50. The van der Waals surface area contributed by atoms with E-state index < -0.39 is 0 Å². The maximum absolute atomic E-state index is 14.3. The molecule has 0 aliphatic carbocycles. The molecule has 2 aromatic heterocycles. The molecule has 4 rings (SSSR count). The van der Waals surface area contributed by atoms with E-state index in [4.69, 9.17) is 5.10 Å². The molecule has 0 spiro atoms. The summed E-state index contributed by atoms with van der Waals surface area (Å²) in [7, 11) is 0. The molecule has 0 fully saturated rings. The molecule has 0 saturated carbocycles. The van der Waals surface area contributed by atoms with Crippen molar-refractivity contribution in [2.45, 2.75) is 19.9 Å². The summed E-state index contributed by atoms with van der Waals surface area (Å²) in [5, 5.41) is 4.81. The van der Waals surface area contributed by atoms with Crippen LogP contribution in [0.3, 0.4) is 0 Å². The first-order chi connectivity index (χ1) is 13.7. The van der Waals surface area contributed by atoms with Crippen molar-refractivity contribution in [2.24, 2.45) is 0 Å². The van der Waals surface area contributed by atoms with Crippen molar-refractivity contribution < 1.29 is 4.39 Å². The lowest BCUT2D eigenvalue weighted by atomic mass is 10.0. The van der Waals surface area contributed by atoms with Crippen molar-refractivity contribution in [3.63, 3.8) is 0 Å². The SMILES string of the molecule is CCc1ccccc1-c1c(Br)c(-c2ccccn2)nn1Cc1ccccc1F. The van der Waals surface area contributed by atoms with Gasteiger partial charge in [0.2, 0.25) is 0 Å². The van der Waals surface area contributed by atoms with Crippen LogP contribution in [0.1, 0.15) is 18.1 Å². The lowest BCUT2D eigenvalue weighted by Crippen LogP contribution is -2.06. The van der Waals surface area contributed by atoms with Crippen LogP contribution in [-0.4, -0.2) is 14.8 Å². The fourth-order valence-corrected chi connectivity index (χ4v) is 4.03. The number of nitrogens with zero attached hydrogens (tertiary/aromatic N) is 3. The number of aromatic nitrogens is 3. The van der Waals surface area contributed by atoms with E-state index in [0.29, 0.717) is 12.1 Å². The fourth-order valence-electron chi connectivity index (χ4n) is 3.33. The third-order valence-electron chi connectivity index (χ3n) is 4.73. The highest BCUT2D eigenvalue weighted by Crippen LogP contribution is 2.38. The van der Waals surface area contributed by atoms with Gasteiger partial charge in [-0.05, 0) is 46.1 Å². The Morgan fingerprint density at radius 1 is 0.929 bits per heavy atom. The van der Waals surface area contributed by atoms with E-state index in [2.05, 4.69) is 40.0 Å². The van der Waals surface area contributed by atoms with Gasteiger partial charge in [-0.25, -0.2) is 4.39 Å². The van der Waals surface area contributed by atoms with Crippen LogP contribution >= 0.6 is 15.9 Å². The van der Waals surface area contributed by atoms with Gasteiger partial charge in [-0.1, -0.05) is 55.5 Å². The second-order valence-electron chi connectivity index (χ2n) is 6.49. The van der Waals surface area contributed by atoms with Gasteiger partial charge in [0.05, 0.1) is 22.4 Å². The largest absolute Gasteiger partial charge is 0.258 e. The molecule has 4 aromatic rings. The Hall–Kier alpha value is -2.79. The molecule has 0 N–H and O–H groups in total. The van der Waals surface area contributed by atoms with E-state index >= 15 is 0 Å². The van der Waals surface area contributed by atoms with E-state index in [1.807, 2.05) is 41.1 Å². The molecule has 0 bridgehead atoms. The van der Waals surface area contributed by atoms with Gasteiger partial charge in [0, 0.05) is 17.3 Å². The van der Waals surface area contributed by atoms with E-state index in [1.54, 1.807) is 18.3 Å². The minimum absolute atomic E-state index is 0.233. The summed E-state index contributed by atoms with van der Waals surface area (Å²) >= 11 is 3.75. The quantitative estimate of drug-likeness (QED) is 0.377. The van der Waals surface area contributed by atoms with E-state index in [9.17, 15) is 4.39 Å². The Balaban J connectivity index is 1.92. The summed E-state index contributed by atoms with van der Waals surface area (Å²) < 4.78 is 17.0. The molecule has 0 amide bonds. The van der Waals surface area contributed by atoms with E-state index in [0.717, 1.165) is 33.5 Å². The minimum atomic E-state index is -0.233. The molecule has 0 radical (unpaired) electrons. The first-order valence-electron chi connectivity index (χ1n) is 9.18. The third-order valence-corrected chi connectivity index (χ3v) is 5.48. The van der Waals surface area contributed by atoms with E-state index in [-0.39, 0.29) is 5.82 Å². The molecule has 3 nitrogen and oxygen atoms in total. The number of halogens is 2. The Morgan fingerprint density at radius 2 is 1.64 bits per heavy atom. The average molecular weight is 436 g/mol. The summed E-state index contributed by atoms with van der Waals surface area (Å²) in [5.41, 5.74) is 5.35.